The molecule has 1 saturated heterocycles. The summed E-state index contributed by atoms with van der Waals surface area (Å²) < 4.78 is 4.73. The molecule has 0 bridgehead atoms. The normalized spacial score (nSPS) is 21.1. The first kappa shape index (κ1) is 16.5. The van der Waals surface area contributed by atoms with E-state index in [2.05, 4.69) is 5.32 Å². The highest BCUT2D eigenvalue weighted by molar-refractivity contribution is 6.03. The molecule has 0 aromatic heterocycles. The number of amides is 2. The van der Waals surface area contributed by atoms with Crippen molar-refractivity contribution in [2.24, 2.45) is 5.92 Å². The third-order valence-corrected chi connectivity index (χ3v) is 4.88. The van der Waals surface area contributed by atoms with Gasteiger partial charge in [-0.15, -0.1) is 0 Å². The highest BCUT2D eigenvalue weighted by atomic mass is 16.5. The van der Waals surface area contributed by atoms with E-state index in [0.717, 1.165) is 25.7 Å². The third kappa shape index (κ3) is 3.27. The van der Waals surface area contributed by atoms with Crippen LogP contribution in [0.4, 0.5) is 5.69 Å². The molecule has 6 nitrogen and oxygen atoms in total. The average Bonchev–Trinajstić information content (AvgIpc) is 3.24. The number of benzene rings is 1. The van der Waals surface area contributed by atoms with E-state index in [0.29, 0.717) is 17.8 Å². The molecule has 1 aromatic carbocycles. The van der Waals surface area contributed by atoms with Crippen LogP contribution in [0.15, 0.2) is 24.3 Å². The molecular weight excluding hydrogens is 308 g/mol. The van der Waals surface area contributed by atoms with Gasteiger partial charge in [0.2, 0.25) is 11.8 Å². The van der Waals surface area contributed by atoms with E-state index in [9.17, 15) is 14.4 Å². The number of para-hydroxylation sites is 1. The summed E-state index contributed by atoms with van der Waals surface area (Å²) in [4.78, 5) is 38.4. The predicted octanol–water partition coefficient (Wildman–Crippen LogP) is 2.20. The molecule has 1 N–H and O–H groups in total. The first-order chi connectivity index (χ1) is 11.6. The largest absolute Gasteiger partial charge is 0.465 e. The van der Waals surface area contributed by atoms with Crippen molar-refractivity contribution >= 4 is 23.5 Å². The minimum Gasteiger partial charge on any atom is -0.465 e. The molecule has 2 amide bonds. The maximum Gasteiger partial charge on any atom is 0.339 e. The number of hydrogen-bond donors (Lipinski definition) is 1. The van der Waals surface area contributed by atoms with Crippen molar-refractivity contribution in [2.45, 2.75) is 38.1 Å². The Kier molecular flexibility index (Phi) is 4.83. The van der Waals surface area contributed by atoms with Crippen LogP contribution >= 0.6 is 0 Å². The standard InChI is InChI=1S/C18H22N2O4/c1-24-18(23)14-8-4-5-9-15(14)19-17(22)12-10-16(21)20(11-12)13-6-2-3-7-13/h4-5,8-9,12-13H,2-3,6-7,10-11H2,1H3,(H,19,22). The van der Waals surface area contributed by atoms with Crippen LogP contribution in [0.5, 0.6) is 0 Å². The monoisotopic (exact) mass is 330 g/mol. The zero-order valence-corrected chi connectivity index (χ0v) is 13.8. The lowest BCUT2D eigenvalue weighted by atomic mass is 10.1. The van der Waals surface area contributed by atoms with Gasteiger partial charge < -0.3 is 15.0 Å². The van der Waals surface area contributed by atoms with Crippen molar-refractivity contribution in [1.29, 1.82) is 0 Å². The van der Waals surface area contributed by atoms with Crippen LogP contribution in [0.2, 0.25) is 0 Å². The Morgan fingerprint density at radius 3 is 2.62 bits per heavy atom. The third-order valence-electron chi connectivity index (χ3n) is 4.88. The van der Waals surface area contributed by atoms with Crippen LogP contribution in [-0.2, 0) is 14.3 Å². The second kappa shape index (κ2) is 7.03. The van der Waals surface area contributed by atoms with Crippen molar-refractivity contribution in [2.75, 3.05) is 19.0 Å². The van der Waals surface area contributed by atoms with Crippen LogP contribution < -0.4 is 5.32 Å². The number of likely N-dealkylation sites (tertiary alicyclic amines) is 1. The fourth-order valence-electron chi connectivity index (χ4n) is 3.59. The minimum atomic E-state index is -0.499. The van der Waals surface area contributed by atoms with Gasteiger partial charge in [0.05, 0.1) is 24.3 Å². The number of ether oxygens (including phenoxy) is 1. The lowest BCUT2D eigenvalue weighted by Gasteiger charge is -2.23. The molecule has 1 aromatic rings. The van der Waals surface area contributed by atoms with Gasteiger partial charge in [-0.25, -0.2) is 4.79 Å². The van der Waals surface area contributed by atoms with Gasteiger partial charge in [0, 0.05) is 19.0 Å². The Hall–Kier alpha value is -2.37. The van der Waals surface area contributed by atoms with E-state index in [4.69, 9.17) is 4.74 Å². The highest BCUT2D eigenvalue weighted by Gasteiger charge is 2.38. The Bertz CT molecular complexity index is 652. The van der Waals surface area contributed by atoms with Gasteiger partial charge in [-0.1, -0.05) is 25.0 Å². The SMILES string of the molecule is COC(=O)c1ccccc1NC(=O)C1CC(=O)N(C2CCCC2)C1. The fraction of sp³-hybridized carbons (Fsp3) is 0.500. The van der Waals surface area contributed by atoms with Crippen molar-refractivity contribution in [3.05, 3.63) is 29.8 Å². The molecule has 0 spiro atoms. The van der Waals surface area contributed by atoms with E-state index < -0.39 is 5.97 Å². The average molecular weight is 330 g/mol. The van der Waals surface area contributed by atoms with Crippen molar-refractivity contribution in [1.82, 2.24) is 4.90 Å². The molecule has 1 saturated carbocycles. The Balaban J connectivity index is 1.68. The first-order valence-corrected chi connectivity index (χ1v) is 8.38. The summed E-state index contributed by atoms with van der Waals surface area (Å²) in [5.74, 6) is -1.03. The second-order valence-electron chi connectivity index (χ2n) is 6.41. The van der Waals surface area contributed by atoms with Gasteiger partial charge >= 0.3 is 5.97 Å². The summed E-state index contributed by atoms with van der Waals surface area (Å²) in [6, 6.07) is 7.01. The molecule has 1 aliphatic heterocycles. The quantitative estimate of drug-likeness (QED) is 0.859. The van der Waals surface area contributed by atoms with Crippen LogP contribution in [0.25, 0.3) is 0 Å². The molecule has 2 fully saturated rings. The lowest BCUT2D eigenvalue weighted by Crippen LogP contribution is -2.35. The van der Waals surface area contributed by atoms with E-state index in [-0.39, 0.29) is 30.2 Å². The van der Waals surface area contributed by atoms with Crippen LogP contribution in [0.3, 0.4) is 0 Å². The predicted molar refractivity (Wildman–Crippen MR) is 88.5 cm³/mol. The summed E-state index contributed by atoms with van der Waals surface area (Å²) in [6.45, 7) is 0.468. The Morgan fingerprint density at radius 1 is 1.21 bits per heavy atom. The molecule has 24 heavy (non-hydrogen) atoms. The van der Waals surface area contributed by atoms with E-state index in [1.807, 2.05) is 4.90 Å². The number of methoxy groups -OCH3 is 1. The molecule has 3 rings (SSSR count). The van der Waals surface area contributed by atoms with Gasteiger partial charge in [-0.3, -0.25) is 9.59 Å². The molecule has 0 radical (unpaired) electrons. The fourth-order valence-corrected chi connectivity index (χ4v) is 3.59. The van der Waals surface area contributed by atoms with Gasteiger partial charge in [-0.2, -0.15) is 0 Å². The van der Waals surface area contributed by atoms with Gasteiger partial charge in [0.15, 0.2) is 0 Å². The summed E-state index contributed by atoms with van der Waals surface area (Å²) in [6.07, 6.45) is 4.61. The molecular formula is C18H22N2O4. The van der Waals surface area contributed by atoms with Crippen LogP contribution in [0.1, 0.15) is 42.5 Å². The molecule has 128 valence electrons. The number of carbonyl (C=O) groups excluding carboxylic acids is 3. The van der Waals surface area contributed by atoms with E-state index in [1.165, 1.54) is 7.11 Å². The van der Waals surface area contributed by atoms with Gasteiger partial charge in [0.25, 0.3) is 0 Å². The van der Waals surface area contributed by atoms with Gasteiger partial charge in [0.1, 0.15) is 0 Å². The molecule has 2 aliphatic rings. The number of carbonyl (C=O) groups is 3. The zero-order chi connectivity index (χ0) is 17.1. The summed E-state index contributed by atoms with van der Waals surface area (Å²) >= 11 is 0. The zero-order valence-electron chi connectivity index (χ0n) is 13.8. The van der Waals surface area contributed by atoms with E-state index >= 15 is 0 Å². The van der Waals surface area contributed by atoms with E-state index in [1.54, 1.807) is 24.3 Å². The second-order valence-corrected chi connectivity index (χ2v) is 6.41. The first-order valence-electron chi connectivity index (χ1n) is 8.38. The topological polar surface area (TPSA) is 75.7 Å². The number of anilines is 1. The summed E-state index contributed by atoms with van der Waals surface area (Å²) in [5.41, 5.74) is 0.728. The maximum atomic E-state index is 12.5. The molecule has 1 aliphatic carbocycles. The Morgan fingerprint density at radius 2 is 1.92 bits per heavy atom. The van der Waals surface area contributed by atoms with Crippen LogP contribution in [-0.4, -0.2) is 42.4 Å². The molecule has 1 atom stereocenters. The smallest absolute Gasteiger partial charge is 0.339 e. The van der Waals surface area contributed by atoms with Crippen LogP contribution in [0, 0.1) is 5.92 Å². The number of esters is 1. The van der Waals surface area contributed by atoms with Gasteiger partial charge in [-0.05, 0) is 25.0 Å². The number of nitrogens with zero attached hydrogens (tertiary/aromatic N) is 1. The lowest BCUT2D eigenvalue weighted by molar-refractivity contribution is -0.129. The molecule has 6 heteroatoms. The number of rotatable bonds is 4. The van der Waals surface area contributed by atoms with Crippen molar-refractivity contribution in [3.63, 3.8) is 0 Å². The molecule has 1 unspecified atom stereocenters. The summed E-state index contributed by atoms with van der Waals surface area (Å²) in [7, 11) is 1.30. The molecule has 1 heterocycles. The maximum absolute atomic E-state index is 12.5. The Labute approximate surface area is 141 Å². The van der Waals surface area contributed by atoms with Crippen molar-refractivity contribution < 1.29 is 19.1 Å². The number of hydrogen-bond acceptors (Lipinski definition) is 4. The minimum absolute atomic E-state index is 0.0586. The van der Waals surface area contributed by atoms with Crippen molar-refractivity contribution in [3.8, 4) is 0 Å². The number of nitrogens with one attached hydrogen (secondary N) is 1. The summed E-state index contributed by atoms with van der Waals surface area (Å²) in [5, 5.41) is 2.78. The highest BCUT2D eigenvalue weighted by Crippen LogP contribution is 2.30.